The first-order chi connectivity index (χ1) is 12.6. The minimum atomic E-state index is -0.685. The van der Waals surface area contributed by atoms with Crippen molar-refractivity contribution < 1.29 is 13.6 Å². The van der Waals surface area contributed by atoms with Gasteiger partial charge in [0.05, 0.1) is 12.4 Å². The van der Waals surface area contributed by atoms with E-state index in [0.717, 1.165) is 11.8 Å². The zero-order valence-corrected chi connectivity index (χ0v) is 14.1. The average molecular weight is 375 g/mol. The molecule has 0 unspecified atom stereocenters. The van der Waals surface area contributed by atoms with Gasteiger partial charge in [0.25, 0.3) is 0 Å². The molecular formula is C18H13ClF2N4O. The van der Waals surface area contributed by atoms with Gasteiger partial charge in [-0.15, -0.1) is 0 Å². The molecule has 0 radical (unpaired) electrons. The van der Waals surface area contributed by atoms with Crippen molar-refractivity contribution in [2.24, 2.45) is 5.16 Å². The highest BCUT2D eigenvalue weighted by atomic mass is 35.5. The second kappa shape index (κ2) is 8.35. The molecule has 0 atom stereocenters. The third-order valence-corrected chi connectivity index (χ3v) is 3.58. The van der Waals surface area contributed by atoms with Gasteiger partial charge >= 0.3 is 6.01 Å². The number of hydrogen-bond acceptors (Lipinski definition) is 5. The molecular weight excluding hydrogens is 362 g/mol. The van der Waals surface area contributed by atoms with E-state index in [2.05, 4.69) is 20.4 Å². The van der Waals surface area contributed by atoms with Crippen LogP contribution in [0.3, 0.4) is 0 Å². The van der Waals surface area contributed by atoms with Gasteiger partial charge in [-0.2, -0.15) is 9.97 Å². The molecule has 26 heavy (non-hydrogen) atoms. The Kier molecular flexibility index (Phi) is 5.70. The van der Waals surface area contributed by atoms with Crippen molar-refractivity contribution in [3.63, 3.8) is 0 Å². The summed E-state index contributed by atoms with van der Waals surface area (Å²) in [6.45, 7) is 0.0636. The standard InChI is InChI=1S/C18H13ClF2N4O/c19-14-7-5-12(6-8-14)9-24-26-18-23-11-16(21)17(25-18)22-10-13-3-1-2-4-15(13)20/h1-9,11H,10H2,(H,22,23,25)/b24-9+. The van der Waals surface area contributed by atoms with Gasteiger partial charge in [-0.25, -0.2) is 8.78 Å². The van der Waals surface area contributed by atoms with Gasteiger partial charge < -0.3 is 10.2 Å². The molecule has 0 spiro atoms. The summed E-state index contributed by atoms with van der Waals surface area (Å²) in [5.74, 6) is -1.19. The van der Waals surface area contributed by atoms with Gasteiger partial charge in [-0.1, -0.05) is 47.1 Å². The average Bonchev–Trinajstić information content (AvgIpc) is 2.65. The third-order valence-electron chi connectivity index (χ3n) is 3.33. The molecule has 1 N–H and O–H groups in total. The van der Waals surface area contributed by atoms with Crippen molar-refractivity contribution in [2.45, 2.75) is 6.54 Å². The molecule has 2 aromatic carbocycles. The lowest BCUT2D eigenvalue weighted by Crippen LogP contribution is -2.06. The predicted octanol–water partition coefficient (Wildman–Crippen LogP) is 4.43. The lowest BCUT2D eigenvalue weighted by atomic mass is 10.2. The summed E-state index contributed by atoms with van der Waals surface area (Å²) < 4.78 is 27.4. The summed E-state index contributed by atoms with van der Waals surface area (Å²) in [6.07, 6.45) is 2.39. The van der Waals surface area contributed by atoms with Crippen molar-refractivity contribution in [1.29, 1.82) is 0 Å². The van der Waals surface area contributed by atoms with Crippen LogP contribution in [0.1, 0.15) is 11.1 Å². The topological polar surface area (TPSA) is 59.4 Å². The van der Waals surface area contributed by atoms with Crippen LogP contribution in [0.25, 0.3) is 0 Å². The number of halogens is 3. The lowest BCUT2D eigenvalue weighted by molar-refractivity contribution is 0.314. The first kappa shape index (κ1) is 17.8. The SMILES string of the molecule is Fc1ccccc1CNc1nc(O/N=C/c2ccc(Cl)cc2)ncc1F. The number of benzene rings is 2. The summed E-state index contributed by atoms with van der Waals surface area (Å²) in [5, 5.41) is 7.06. The van der Waals surface area contributed by atoms with Crippen molar-refractivity contribution in [3.05, 3.63) is 82.5 Å². The molecule has 0 aliphatic rings. The number of hydrogen-bond donors (Lipinski definition) is 1. The zero-order chi connectivity index (χ0) is 18.4. The van der Waals surface area contributed by atoms with Crippen LogP contribution in [0.4, 0.5) is 14.6 Å². The number of nitrogens with zero attached hydrogens (tertiary/aromatic N) is 3. The second-order valence-corrected chi connectivity index (χ2v) is 5.61. The molecule has 0 fully saturated rings. The van der Waals surface area contributed by atoms with Gasteiger partial charge in [-0.3, -0.25) is 0 Å². The van der Waals surface area contributed by atoms with E-state index in [9.17, 15) is 8.78 Å². The van der Waals surface area contributed by atoms with Crippen molar-refractivity contribution in [1.82, 2.24) is 9.97 Å². The molecule has 0 saturated carbocycles. The van der Waals surface area contributed by atoms with Crippen LogP contribution in [0.5, 0.6) is 6.01 Å². The van der Waals surface area contributed by atoms with E-state index >= 15 is 0 Å². The molecule has 0 saturated heterocycles. The van der Waals surface area contributed by atoms with Gasteiger partial charge in [-0.05, 0) is 23.8 Å². The van der Waals surface area contributed by atoms with Crippen molar-refractivity contribution >= 4 is 23.6 Å². The first-order valence-electron chi connectivity index (χ1n) is 7.57. The highest BCUT2D eigenvalue weighted by Crippen LogP contribution is 2.16. The minimum absolute atomic E-state index is 0.0636. The summed E-state index contributed by atoms with van der Waals surface area (Å²) in [7, 11) is 0. The molecule has 3 rings (SSSR count). The molecule has 1 heterocycles. The Morgan fingerprint density at radius 3 is 2.62 bits per heavy atom. The molecule has 0 aliphatic carbocycles. The number of oxime groups is 1. The fourth-order valence-corrected chi connectivity index (χ4v) is 2.15. The van der Waals surface area contributed by atoms with E-state index in [1.165, 1.54) is 12.3 Å². The normalized spacial score (nSPS) is 10.9. The number of aromatic nitrogens is 2. The Labute approximate surface area is 153 Å². The van der Waals surface area contributed by atoms with Crippen LogP contribution in [0, 0.1) is 11.6 Å². The maximum absolute atomic E-state index is 13.8. The molecule has 3 aromatic rings. The third kappa shape index (κ3) is 4.73. The van der Waals surface area contributed by atoms with Gasteiger partial charge in [0.2, 0.25) is 0 Å². The fraction of sp³-hybridized carbons (Fsp3) is 0.0556. The molecule has 8 heteroatoms. The fourth-order valence-electron chi connectivity index (χ4n) is 2.02. The van der Waals surface area contributed by atoms with Gasteiger partial charge in [0.15, 0.2) is 11.6 Å². The Balaban J connectivity index is 1.65. The maximum atomic E-state index is 13.8. The molecule has 132 valence electrons. The largest absolute Gasteiger partial charge is 0.363 e. The second-order valence-electron chi connectivity index (χ2n) is 5.17. The van der Waals surface area contributed by atoms with Crippen molar-refractivity contribution in [2.75, 3.05) is 5.32 Å². The number of anilines is 1. The number of nitrogens with one attached hydrogen (secondary N) is 1. The predicted molar refractivity (Wildman–Crippen MR) is 95.4 cm³/mol. The van der Waals surface area contributed by atoms with Gasteiger partial charge in [0.1, 0.15) is 5.82 Å². The molecule has 5 nitrogen and oxygen atoms in total. The monoisotopic (exact) mass is 374 g/mol. The van der Waals surface area contributed by atoms with Crippen LogP contribution in [-0.2, 0) is 6.54 Å². The van der Waals surface area contributed by atoms with E-state index < -0.39 is 11.6 Å². The highest BCUT2D eigenvalue weighted by molar-refractivity contribution is 6.30. The first-order valence-corrected chi connectivity index (χ1v) is 7.95. The van der Waals surface area contributed by atoms with Crippen molar-refractivity contribution in [3.8, 4) is 6.01 Å². The van der Waals surface area contributed by atoms with Crippen LogP contribution in [0.15, 0.2) is 59.9 Å². The Morgan fingerprint density at radius 1 is 1.08 bits per heavy atom. The highest BCUT2D eigenvalue weighted by Gasteiger charge is 2.09. The number of rotatable bonds is 6. The van der Waals surface area contributed by atoms with Crippen LogP contribution in [0.2, 0.25) is 5.02 Å². The van der Waals surface area contributed by atoms with Crippen LogP contribution < -0.4 is 10.2 Å². The maximum Gasteiger partial charge on any atom is 0.347 e. The zero-order valence-electron chi connectivity index (χ0n) is 13.4. The Hall–Kier alpha value is -3.06. The molecule has 0 amide bonds. The van der Waals surface area contributed by atoms with E-state index in [-0.39, 0.29) is 18.4 Å². The van der Waals surface area contributed by atoms with Crippen LogP contribution in [-0.4, -0.2) is 16.2 Å². The van der Waals surface area contributed by atoms with E-state index in [4.69, 9.17) is 16.4 Å². The smallest absolute Gasteiger partial charge is 0.347 e. The van der Waals surface area contributed by atoms with Crippen LogP contribution >= 0.6 is 11.6 Å². The minimum Gasteiger partial charge on any atom is -0.363 e. The summed E-state index contributed by atoms with van der Waals surface area (Å²) in [4.78, 5) is 12.6. The Bertz CT molecular complexity index is 919. The molecule has 1 aromatic heterocycles. The lowest BCUT2D eigenvalue weighted by Gasteiger charge is -2.07. The quantitative estimate of drug-likeness (QED) is 0.512. The summed E-state index contributed by atoms with van der Waals surface area (Å²) in [6, 6.07) is 13.0. The van der Waals surface area contributed by atoms with Gasteiger partial charge in [0, 0.05) is 17.1 Å². The molecule has 0 bridgehead atoms. The molecule has 0 aliphatic heterocycles. The Morgan fingerprint density at radius 2 is 1.85 bits per heavy atom. The summed E-state index contributed by atoms with van der Waals surface area (Å²) in [5.41, 5.74) is 1.14. The summed E-state index contributed by atoms with van der Waals surface area (Å²) >= 11 is 5.80. The van der Waals surface area contributed by atoms with E-state index in [0.29, 0.717) is 10.6 Å². The van der Waals surface area contributed by atoms with E-state index in [1.54, 1.807) is 42.5 Å². The van der Waals surface area contributed by atoms with E-state index in [1.807, 2.05) is 0 Å².